The molecule has 1 fully saturated rings. The summed E-state index contributed by atoms with van der Waals surface area (Å²) in [5.74, 6) is -0.0703. The first-order chi connectivity index (χ1) is 12.6. The van der Waals surface area contributed by atoms with Crippen molar-refractivity contribution in [3.8, 4) is 0 Å². The van der Waals surface area contributed by atoms with E-state index in [9.17, 15) is 14.4 Å². The van der Waals surface area contributed by atoms with Crippen LogP contribution in [0.15, 0.2) is 33.9 Å². The molecule has 1 aromatic carbocycles. The third kappa shape index (κ3) is 3.72. The Kier molecular flexibility index (Phi) is 5.88. The fourth-order valence-electron chi connectivity index (χ4n) is 3.47. The minimum Gasteiger partial charge on any atom is -0.385 e. The number of fused-ring (bicyclic) bond motifs is 1. The van der Waals surface area contributed by atoms with Gasteiger partial charge in [0, 0.05) is 33.4 Å². The second-order valence-electron chi connectivity index (χ2n) is 6.63. The van der Waals surface area contributed by atoms with Crippen molar-refractivity contribution in [3.05, 3.63) is 45.1 Å². The monoisotopic (exact) mass is 359 g/mol. The van der Waals surface area contributed by atoms with E-state index in [1.165, 1.54) is 9.13 Å². The first-order valence-corrected chi connectivity index (χ1v) is 9.12. The third-order valence-electron chi connectivity index (χ3n) is 4.86. The van der Waals surface area contributed by atoms with E-state index in [0.717, 1.165) is 32.4 Å². The molecule has 1 aromatic heterocycles. The van der Waals surface area contributed by atoms with E-state index < -0.39 is 5.69 Å². The summed E-state index contributed by atoms with van der Waals surface area (Å²) in [5.41, 5.74) is -0.241. The maximum atomic E-state index is 12.9. The molecular formula is C19H25N3O4. The van der Waals surface area contributed by atoms with Gasteiger partial charge in [-0.05, 0) is 37.8 Å². The minimum atomic E-state index is -0.435. The molecule has 0 saturated carbocycles. The maximum Gasteiger partial charge on any atom is 0.331 e. The zero-order valence-electron chi connectivity index (χ0n) is 15.1. The summed E-state index contributed by atoms with van der Waals surface area (Å²) in [6, 6.07) is 6.97. The SMILES string of the molecule is COCCCn1c(=O)c2ccccc2n(CC(=O)N2CCCCC2)c1=O. The largest absolute Gasteiger partial charge is 0.385 e. The van der Waals surface area contributed by atoms with Crippen LogP contribution in [-0.4, -0.2) is 46.7 Å². The molecule has 0 radical (unpaired) electrons. The van der Waals surface area contributed by atoms with Crippen LogP contribution >= 0.6 is 0 Å². The van der Waals surface area contributed by atoms with Crippen LogP contribution in [0.3, 0.4) is 0 Å². The number of hydrogen-bond donors (Lipinski definition) is 0. The van der Waals surface area contributed by atoms with E-state index in [1.807, 2.05) is 4.90 Å². The number of benzene rings is 1. The lowest BCUT2D eigenvalue weighted by molar-refractivity contribution is -0.132. The molecule has 1 saturated heterocycles. The lowest BCUT2D eigenvalue weighted by Crippen LogP contribution is -2.44. The van der Waals surface area contributed by atoms with E-state index in [0.29, 0.717) is 23.9 Å². The van der Waals surface area contributed by atoms with Gasteiger partial charge in [0.05, 0.1) is 10.9 Å². The van der Waals surface area contributed by atoms with Gasteiger partial charge in [-0.1, -0.05) is 12.1 Å². The molecule has 1 aliphatic rings. The van der Waals surface area contributed by atoms with Crippen molar-refractivity contribution in [3.63, 3.8) is 0 Å². The molecule has 140 valence electrons. The van der Waals surface area contributed by atoms with E-state index in [1.54, 1.807) is 31.4 Å². The van der Waals surface area contributed by atoms with Crippen molar-refractivity contribution in [1.29, 1.82) is 0 Å². The van der Waals surface area contributed by atoms with Crippen LogP contribution in [0.5, 0.6) is 0 Å². The van der Waals surface area contributed by atoms with Gasteiger partial charge in [0.15, 0.2) is 0 Å². The first-order valence-electron chi connectivity index (χ1n) is 9.12. The average molecular weight is 359 g/mol. The van der Waals surface area contributed by atoms with Crippen molar-refractivity contribution in [2.75, 3.05) is 26.8 Å². The fourth-order valence-corrected chi connectivity index (χ4v) is 3.47. The van der Waals surface area contributed by atoms with E-state index in [-0.39, 0.29) is 24.6 Å². The highest BCUT2D eigenvalue weighted by Gasteiger charge is 2.20. The number of piperidine rings is 1. The van der Waals surface area contributed by atoms with Crippen LogP contribution in [0.2, 0.25) is 0 Å². The van der Waals surface area contributed by atoms with Gasteiger partial charge in [0.25, 0.3) is 5.56 Å². The second kappa shape index (κ2) is 8.31. The number of ether oxygens (including phenoxy) is 1. The Hall–Kier alpha value is -2.41. The Morgan fingerprint density at radius 2 is 1.81 bits per heavy atom. The fraction of sp³-hybridized carbons (Fsp3) is 0.526. The number of para-hydroxylation sites is 1. The normalized spacial score (nSPS) is 14.7. The van der Waals surface area contributed by atoms with E-state index in [4.69, 9.17) is 4.74 Å². The van der Waals surface area contributed by atoms with Gasteiger partial charge in [-0.25, -0.2) is 4.79 Å². The summed E-state index contributed by atoms with van der Waals surface area (Å²) >= 11 is 0. The summed E-state index contributed by atoms with van der Waals surface area (Å²) in [7, 11) is 1.58. The third-order valence-corrected chi connectivity index (χ3v) is 4.86. The van der Waals surface area contributed by atoms with Crippen LogP contribution in [0, 0.1) is 0 Å². The van der Waals surface area contributed by atoms with Crippen LogP contribution in [0.4, 0.5) is 0 Å². The van der Waals surface area contributed by atoms with Gasteiger partial charge in [0.2, 0.25) is 5.91 Å². The lowest BCUT2D eigenvalue weighted by atomic mass is 10.1. The van der Waals surface area contributed by atoms with Gasteiger partial charge in [-0.15, -0.1) is 0 Å². The molecule has 0 atom stereocenters. The molecule has 2 heterocycles. The Morgan fingerprint density at radius 3 is 2.54 bits per heavy atom. The predicted octanol–water partition coefficient (Wildman–Crippen LogP) is 1.21. The highest BCUT2D eigenvalue weighted by atomic mass is 16.5. The van der Waals surface area contributed by atoms with Crippen molar-refractivity contribution < 1.29 is 9.53 Å². The number of carbonyl (C=O) groups excluding carboxylic acids is 1. The van der Waals surface area contributed by atoms with Gasteiger partial charge < -0.3 is 9.64 Å². The Morgan fingerprint density at radius 1 is 1.08 bits per heavy atom. The maximum absolute atomic E-state index is 12.9. The molecule has 0 spiro atoms. The molecule has 0 N–H and O–H groups in total. The molecule has 7 heteroatoms. The predicted molar refractivity (Wildman–Crippen MR) is 99.4 cm³/mol. The molecule has 7 nitrogen and oxygen atoms in total. The summed E-state index contributed by atoms with van der Waals surface area (Å²) in [5, 5.41) is 0.455. The number of amides is 1. The van der Waals surface area contributed by atoms with Crippen molar-refractivity contribution >= 4 is 16.8 Å². The number of likely N-dealkylation sites (tertiary alicyclic amines) is 1. The lowest BCUT2D eigenvalue weighted by Gasteiger charge is -2.27. The quantitative estimate of drug-likeness (QED) is 0.727. The van der Waals surface area contributed by atoms with Crippen molar-refractivity contribution in [2.45, 2.75) is 38.8 Å². The zero-order valence-corrected chi connectivity index (χ0v) is 15.1. The molecule has 0 unspecified atom stereocenters. The number of nitrogens with zero attached hydrogens (tertiary/aromatic N) is 3. The smallest absolute Gasteiger partial charge is 0.331 e. The topological polar surface area (TPSA) is 73.5 Å². The minimum absolute atomic E-state index is 0.0378. The summed E-state index contributed by atoms with van der Waals surface area (Å²) in [6.07, 6.45) is 3.69. The number of methoxy groups -OCH3 is 1. The first kappa shape index (κ1) is 18.4. The van der Waals surface area contributed by atoms with E-state index >= 15 is 0 Å². The Labute approximate surface area is 151 Å². The number of carbonyl (C=O) groups is 1. The number of aromatic nitrogens is 2. The van der Waals surface area contributed by atoms with E-state index in [2.05, 4.69) is 0 Å². The molecule has 1 aliphatic heterocycles. The van der Waals surface area contributed by atoms with Crippen molar-refractivity contribution in [2.24, 2.45) is 0 Å². The highest BCUT2D eigenvalue weighted by molar-refractivity contribution is 5.81. The molecule has 0 aliphatic carbocycles. The molecule has 0 bridgehead atoms. The molecular weight excluding hydrogens is 334 g/mol. The summed E-state index contributed by atoms with van der Waals surface area (Å²) < 4.78 is 7.66. The summed E-state index contributed by atoms with van der Waals surface area (Å²) in [6.45, 7) is 2.17. The second-order valence-corrected chi connectivity index (χ2v) is 6.63. The standard InChI is InChI=1S/C19H25N3O4/c1-26-13-7-12-21-18(24)15-8-3-4-9-16(15)22(19(21)25)14-17(23)20-10-5-2-6-11-20/h3-4,8-9H,2,5-7,10-14H2,1H3. The van der Waals surface area contributed by atoms with Gasteiger partial charge >= 0.3 is 5.69 Å². The van der Waals surface area contributed by atoms with Crippen LogP contribution in [0.25, 0.3) is 10.9 Å². The molecule has 1 amide bonds. The number of rotatable bonds is 6. The van der Waals surface area contributed by atoms with Crippen LogP contribution in [0.1, 0.15) is 25.7 Å². The number of hydrogen-bond acceptors (Lipinski definition) is 4. The molecule has 26 heavy (non-hydrogen) atoms. The zero-order chi connectivity index (χ0) is 18.5. The van der Waals surface area contributed by atoms with Gasteiger partial charge in [-0.2, -0.15) is 0 Å². The van der Waals surface area contributed by atoms with Crippen molar-refractivity contribution in [1.82, 2.24) is 14.0 Å². The van der Waals surface area contributed by atoms with Gasteiger partial charge in [-0.3, -0.25) is 18.7 Å². The molecule has 2 aromatic rings. The van der Waals surface area contributed by atoms with Crippen LogP contribution < -0.4 is 11.2 Å². The molecule has 3 rings (SSSR count). The summed E-state index contributed by atoms with van der Waals surface area (Å²) in [4.78, 5) is 40.1. The van der Waals surface area contributed by atoms with Gasteiger partial charge in [0.1, 0.15) is 6.54 Å². The Bertz CT molecular complexity index is 894. The average Bonchev–Trinajstić information content (AvgIpc) is 2.68. The van der Waals surface area contributed by atoms with Crippen LogP contribution in [-0.2, 0) is 22.6 Å². The Balaban J connectivity index is 2.01. The highest BCUT2D eigenvalue weighted by Crippen LogP contribution is 2.11.